The van der Waals surface area contributed by atoms with E-state index in [2.05, 4.69) is 10.3 Å². The molecule has 0 fully saturated rings. The minimum atomic E-state index is -0.299. The third-order valence-electron chi connectivity index (χ3n) is 2.62. The normalized spacial score (nSPS) is 11.7. The lowest BCUT2D eigenvalue weighted by Gasteiger charge is -2.21. The van der Waals surface area contributed by atoms with Crippen molar-refractivity contribution in [1.82, 2.24) is 9.88 Å². The minimum absolute atomic E-state index is 0.0379. The van der Waals surface area contributed by atoms with E-state index in [1.54, 1.807) is 30.3 Å². The van der Waals surface area contributed by atoms with Crippen molar-refractivity contribution in [3.8, 4) is 0 Å². The van der Waals surface area contributed by atoms with Crippen LogP contribution in [0.4, 0.5) is 5.69 Å². The van der Waals surface area contributed by atoms with Gasteiger partial charge in [0.1, 0.15) is 11.0 Å². The summed E-state index contributed by atoms with van der Waals surface area (Å²) in [6.07, 6.45) is 1.62. The second-order valence-electron chi connectivity index (χ2n) is 4.01. The van der Waals surface area contributed by atoms with Crippen LogP contribution in [0.2, 0.25) is 0 Å². The zero-order chi connectivity index (χ0) is 13.7. The van der Waals surface area contributed by atoms with E-state index in [-0.39, 0.29) is 16.9 Å². The molecular weight excluding hydrogens is 248 g/mol. The van der Waals surface area contributed by atoms with Gasteiger partial charge in [0, 0.05) is 13.6 Å². The van der Waals surface area contributed by atoms with Gasteiger partial charge < -0.3 is 16.0 Å². The lowest BCUT2D eigenvalue weighted by atomic mass is 10.2. The summed E-state index contributed by atoms with van der Waals surface area (Å²) in [4.78, 5) is 17.9. The number of nitrogens with two attached hydrogens (primary N) is 1. The molecule has 98 valence electrons. The number of nitrogens with zero attached hydrogens (tertiary/aromatic N) is 2. The highest BCUT2D eigenvalue weighted by molar-refractivity contribution is 7.80. The van der Waals surface area contributed by atoms with Crippen LogP contribution in [0.5, 0.6) is 0 Å². The molecule has 0 aromatic carbocycles. The number of rotatable bonds is 5. The molecular formula is C12H18N4OS. The van der Waals surface area contributed by atoms with Gasteiger partial charge in [0.25, 0.3) is 0 Å². The molecule has 0 aliphatic carbocycles. The molecule has 1 heterocycles. The first-order valence-electron chi connectivity index (χ1n) is 5.73. The van der Waals surface area contributed by atoms with Crippen LogP contribution in [0.1, 0.15) is 19.5 Å². The Morgan fingerprint density at radius 3 is 2.72 bits per heavy atom. The molecule has 18 heavy (non-hydrogen) atoms. The van der Waals surface area contributed by atoms with E-state index in [9.17, 15) is 4.79 Å². The highest BCUT2D eigenvalue weighted by atomic mass is 32.1. The molecule has 0 aliphatic heterocycles. The number of carbonyl (C=O) groups is 1. The number of anilines is 1. The molecule has 0 aliphatic rings. The number of thiocarbonyl (C=S) groups is 1. The zero-order valence-electron chi connectivity index (χ0n) is 10.8. The summed E-state index contributed by atoms with van der Waals surface area (Å²) in [6.45, 7) is 4.43. The molecule has 1 rings (SSSR count). The maximum Gasteiger partial charge on any atom is 0.244 e. The van der Waals surface area contributed by atoms with E-state index in [0.717, 1.165) is 5.69 Å². The van der Waals surface area contributed by atoms with Gasteiger partial charge in [-0.15, -0.1) is 0 Å². The Bertz CT molecular complexity index is 432. The van der Waals surface area contributed by atoms with E-state index in [4.69, 9.17) is 18.0 Å². The molecule has 1 aromatic rings. The SMILES string of the molecule is CCN(C)C(=O)C(C)Nc1ccc(C(N)=S)nc1. The van der Waals surface area contributed by atoms with Gasteiger partial charge in [0.15, 0.2) is 0 Å². The fourth-order valence-electron chi connectivity index (χ4n) is 1.42. The van der Waals surface area contributed by atoms with E-state index in [1.807, 2.05) is 13.8 Å². The third kappa shape index (κ3) is 3.66. The topological polar surface area (TPSA) is 71.2 Å². The molecule has 0 bridgehead atoms. The van der Waals surface area contributed by atoms with Gasteiger partial charge >= 0.3 is 0 Å². The van der Waals surface area contributed by atoms with Crippen molar-refractivity contribution in [2.45, 2.75) is 19.9 Å². The fourth-order valence-corrected chi connectivity index (χ4v) is 1.54. The summed E-state index contributed by atoms with van der Waals surface area (Å²) in [5.74, 6) is 0.0379. The van der Waals surface area contributed by atoms with Crippen molar-refractivity contribution in [2.24, 2.45) is 5.73 Å². The molecule has 0 spiro atoms. The Morgan fingerprint density at radius 1 is 1.61 bits per heavy atom. The summed E-state index contributed by atoms with van der Waals surface area (Å²) >= 11 is 4.82. The van der Waals surface area contributed by atoms with Gasteiger partial charge in [0.2, 0.25) is 5.91 Å². The number of pyridine rings is 1. The molecule has 5 nitrogen and oxygen atoms in total. The number of amides is 1. The van der Waals surface area contributed by atoms with Crippen LogP contribution in [0.25, 0.3) is 0 Å². The van der Waals surface area contributed by atoms with Crippen molar-refractivity contribution in [3.63, 3.8) is 0 Å². The standard InChI is InChI=1S/C12H18N4OS/c1-4-16(3)12(17)8(2)15-9-5-6-10(11(13)18)14-7-9/h5-8,15H,4H2,1-3H3,(H2,13,18). The summed E-state index contributed by atoms with van der Waals surface area (Å²) in [7, 11) is 1.77. The maximum absolute atomic E-state index is 11.9. The molecule has 1 aromatic heterocycles. The molecule has 1 atom stereocenters. The Kier molecular flexibility index (Phi) is 5.03. The quantitative estimate of drug-likeness (QED) is 0.778. The Balaban J connectivity index is 2.67. The molecule has 0 saturated heterocycles. The van der Waals surface area contributed by atoms with Crippen molar-refractivity contribution in [2.75, 3.05) is 18.9 Å². The number of nitrogens with one attached hydrogen (secondary N) is 1. The highest BCUT2D eigenvalue weighted by Crippen LogP contribution is 2.08. The van der Waals surface area contributed by atoms with Crippen LogP contribution < -0.4 is 11.1 Å². The summed E-state index contributed by atoms with van der Waals surface area (Å²) in [5, 5.41) is 3.09. The number of hydrogen-bond acceptors (Lipinski definition) is 4. The van der Waals surface area contributed by atoms with Crippen LogP contribution in [0.15, 0.2) is 18.3 Å². The largest absolute Gasteiger partial charge is 0.388 e. The lowest BCUT2D eigenvalue weighted by Crippen LogP contribution is -2.38. The van der Waals surface area contributed by atoms with Crippen LogP contribution in [0, 0.1) is 0 Å². The van der Waals surface area contributed by atoms with Crippen LogP contribution in [-0.2, 0) is 4.79 Å². The third-order valence-corrected chi connectivity index (χ3v) is 2.83. The first-order chi connectivity index (χ1) is 8.45. The minimum Gasteiger partial charge on any atom is -0.388 e. The smallest absolute Gasteiger partial charge is 0.244 e. The van der Waals surface area contributed by atoms with E-state index in [0.29, 0.717) is 12.2 Å². The van der Waals surface area contributed by atoms with Gasteiger partial charge in [0.05, 0.1) is 17.6 Å². The number of aromatic nitrogens is 1. The number of carbonyl (C=O) groups excluding carboxylic acids is 1. The van der Waals surface area contributed by atoms with Gasteiger partial charge in [-0.1, -0.05) is 12.2 Å². The average molecular weight is 266 g/mol. The molecule has 1 amide bonds. The maximum atomic E-state index is 11.9. The van der Waals surface area contributed by atoms with Crippen LogP contribution in [0.3, 0.4) is 0 Å². The lowest BCUT2D eigenvalue weighted by molar-refractivity contribution is -0.130. The van der Waals surface area contributed by atoms with Gasteiger partial charge in [-0.2, -0.15) is 0 Å². The number of likely N-dealkylation sites (N-methyl/N-ethyl adjacent to an activating group) is 1. The van der Waals surface area contributed by atoms with E-state index >= 15 is 0 Å². The zero-order valence-corrected chi connectivity index (χ0v) is 11.6. The Hall–Kier alpha value is -1.69. The molecule has 0 saturated carbocycles. The summed E-state index contributed by atoms with van der Waals surface area (Å²) in [5.41, 5.74) is 6.79. The second kappa shape index (κ2) is 6.30. The van der Waals surface area contributed by atoms with E-state index < -0.39 is 0 Å². The molecule has 6 heteroatoms. The first kappa shape index (κ1) is 14.4. The monoisotopic (exact) mass is 266 g/mol. The van der Waals surface area contributed by atoms with Crippen molar-refractivity contribution >= 4 is 28.8 Å². The average Bonchev–Trinajstić information content (AvgIpc) is 2.37. The van der Waals surface area contributed by atoms with Gasteiger partial charge in [-0.05, 0) is 26.0 Å². The van der Waals surface area contributed by atoms with Crippen LogP contribution >= 0.6 is 12.2 Å². The summed E-state index contributed by atoms with van der Waals surface area (Å²) in [6, 6.07) is 3.23. The van der Waals surface area contributed by atoms with E-state index in [1.165, 1.54) is 0 Å². The highest BCUT2D eigenvalue weighted by Gasteiger charge is 2.15. The molecule has 3 N–H and O–H groups in total. The van der Waals surface area contributed by atoms with Crippen molar-refractivity contribution in [3.05, 3.63) is 24.0 Å². The van der Waals surface area contributed by atoms with Crippen molar-refractivity contribution in [1.29, 1.82) is 0 Å². The number of hydrogen-bond donors (Lipinski definition) is 2. The Morgan fingerprint density at radius 2 is 2.28 bits per heavy atom. The predicted molar refractivity (Wildman–Crippen MR) is 76.5 cm³/mol. The first-order valence-corrected chi connectivity index (χ1v) is 6.14. The summed E-state index contributed by atoms with van der Waals surface area (Å²) < 4.78 is 0. The Labute approximate surface area is 112 Å². The fraction of sp³-hybridized carbons (Fsp3) is 0.417. The van der Waals surface area contributed by atoms with Gasteiger partial charge in [-0.25, -0.2) is 0 Å². The molecule has 1 unspecified atom stereocenters. The van der Waals surface area contributed by atoms with Gasteiger partial charge in [-0.3, -0.25) is 9.78 Å². The predicted octanol–water partition coefficient (Wildman–Crippen LogP) is 0.994. The van der Waals surface area contributed by atoms with Crippen molar-refractivity contribution < 1.29 is 4.79 Å². The molecule has 0 radical (unpaired) electrons. The second-order valence-corrected chi connectivity index (χ2v) is 4.45. The van der Waals surface area contributed by atoms with Crippen LogP contribution in [-0.4, -0.2) is 40.4 Å².